The molecule has 0 saturated heterocycles. The van der Waals surface area contributed by atoms with Gasteiger partial charge in [0.2, 0.25) is 5.88 Å². The Morgan fingerprint density at radius 2 is 2.18 bits per heavy atom. The highest BCUT2D eigenvalue weighted by atomic mass is 16.5. The molecule has 2 aliphatic rings. The zero-order chi connectivity index (χ0) is 11.9. The van der Waals surface area contributed by atoms with Crippen LogP contribution in [0.1, 0.15) is 31.2 Å². The van der Waals surface area contributed by atoms with Gasteiger partial charge >= 0.3 is 0 Å². The van der Waals surface area contributed by atoms with Crippen molar-refractivity contribution in [2.24, 2.45) is 11.1 Å². The maximum Gasteiger partial charge on any atom is 0.231 e. The molecule has 2 aliphatic carbocycles. The molecule has 0 radical (unpaired) electrons. The lowest BCUT2D eigenvalue weighted by molar-refractivity contribution is -0.0796. The Kier molecular flexibility index (Phi) is 2.30. The van der Waals surface area contributed by atoms with Crippen LogP contribution in [0.2, 0.25) is 0 Å². The largest absolute Gasteiger partial charge is 0.473 e. The summed E-state index contributed by atoms with van der Waals surface area (Å²) in [6.07, 6.45) is 6.23. The second-order valence-corrected chi connectivity index (χ2v) is 5.28. The highest BCUT2D eigenvalue weighted by molar-refractivity contribution is 5.37. The van der Waals surface area contributed by atoms with Crippen LogP contribution in [0.3, 0.4) is 0 Å². The molecule has 0 unspecified atom stereocenters. The lowest BCUT2D eigenvalue weighted by Gasteiger charge is -2.56. The number of aromatic nitrogens is 1. The summed E-state index contributed by atoms with van der Waals surface area (Å²) >= 11 is 0. The number of rotatable bonds is 2. The van der Waals surface area contributed by atoms with Crippen LogP contribution in [-0.4, -0.2) is 17.1 Å². The van der Waals surface area contributed by atoms with Crippen molar-refractivity contribution in [2.75, 3.05) is 0 Å². The van der Waals surface area contributed by atoms with Crippen LogP contribution in [0.4, 0.5) is 0 Å². The van der Waals surface area contributed by atoms with Crippen molar-refractivity contribution < 1.29 is 4.74 Å². The molecule has 2 saturated carbocycles. The number of hydrogen-bond donors (Lipinski definition) is 1. The molecule has 1 heterocycles. The lowest BCUT2D eigenvalue weighted by atomic mass is 9.53. The zero-order valence-corrected chi connectivity index (χ0v) is 9.60. The van der Waals surface area contributed by atoms with Crippen molar-refractivity contribution in [3.05, 3.63) is 23.9 Å². The Balaban J connectivity index is 1.61. The molecule has 0 aromatic carbocycles. The number of hydrogen-bond acceptors (Lipinski definition) is 4. The topological polar surface area (TPSA) is 71.9 Å². The van der Waals surface area contributed by atoms with Gasteiger partial charge in [0.25, 0.3) is 0 Å². The normalized spacial score (nSPS) is 34.6. The molecule has 2 N–H and O–H groups in total. The van der Waals surface area contributed by atoms with Crippen LogP contribution in [-0.2, 0) is 0 Å². The molecule has 3 rings (SSSR count). The van der Waals surface area contributed by atoms with Crippen LogP contribution >= 0.6 is 0 Å². The highest BCUT2D eigenvalue weighted by Crippen LogP contribution is 2.56. The summed E-state index contributed by atoms with van der Waals surface area (Å²) in [7, 11) is 0. The van der Waals surface area contributed by atoms with E-state index in [9.17, 15) is 0 Å². The third kappa shape index (κ3) is 1.77. The fourth-order valence-corrected chi connectivity index (χ4v) is 3.10. The molecule has 88 valence electrons. The molecule has 17 heavy (non-hydrogen) atoms. The first-order valence-electron chi connectivity index (χ1n) is 5.98. The van der Waals surface area contributed by atoms with Gasteiger partial charge in [-0.05, 0) is 43.2 Å². The minimum absolute atomic E-state index is 0.212. The molecule has 0 bridgehead atoms. The van der Waals surface area contributed by atoms with Crippen LogP contribution in [0, 0.1) is 16.7 Å². The number of ether oxygens (including phenoxy) is 1. The van der Waals surface area contributed by atoms with Gasteiger partial charge in [0.15, 0.2) is 0 Å². The van der Waals surface area contributed by atoms with E-state index in [0.29, 0.717) is 22.9 Å². The van der Waals surface area contributed by atoms with Gasteiger partial charge in [0, 0.05) is 12.2 Å². The van der Waals surface area contributed by atoms with Gasteiger partial charge < -0.3 is 10.5 Å². The van der Waals surface area contributed by atoms with Crippen molar-refractivity contribution in [3.8, 4) is 11.9 Å². The minimum Gasteiger partial charge on any atom is -0.473 e. The Bertz CT molecular complexity index is 466. The first kappa shape index (κ1) is 10.5. The number of pyridine rings is 1. The first-order chi connectivity index (χ1) is 8.21. The van der Waals surface area contributed by atoms with E-state index in [1.165, 1.54) is 0 Å². The van der Waals surface area contributed by atoms with Crippen molar-refractivity contribution in [1.29, 1.82) is 5.26 Å². The molecule has 0 aliphatic heterocycles. The van der Waals surface area contributed by atoms with E-state index in [1.54, 1.807) is 18.3 Å². The van der Waals surface area contributed by atoms with Crippen molar-refractivity contribution in [1.82, 2.24) is 4.98 Å². The summed E-state index contributed by atoms with van der Waals surface area (Å²) in [6, 6.07) is 5.97. The van der Waals surface area contributed by atoms with Crippen molar-refractivity contribution >= 4 is 0 Å². The van der Waals surface area contributed by atoms with E-state index >= 15 is 0 Å². The number of nitriles is 1. The van der Waals surface area contributed by atoms with Gasteiger partial charge in [0.05, 0.1) is 0 Å². The van der Waals surface area contributed by atoms with E-state index in [1.807, 2.05) is 0 Å². The van der Waals surface area contributed by atoms with E-state index in [-0.39, 0.29) is 6.10 Å². The van der Waals surface area contributed by atoms with Crippen LogP contribution < -0.4 is 10.5 Å². The molecule has 0 amide bonds. The summed E-state index contributed by atoms with van der Waals surface area (Å²) in [5.74, 6) is 0.471. The summed E-state index contributed by atoms with van der Waals surface area (Å²) in [4.78, 5) is 4.11. The lowest BCUT2D eigenvalue weighted by Crippen LogP contribution is -2.56. The minimum atomic E-state index is 0.212. The molecule has 4 nitrogen and oxygen atoms in total. The highest BCUT2D eigenvalue weighted by Gasteiger charge is 2.53. The molecule has 4 heteroatoms. The zero-order valence-electron chi connectivity index (χ0n) is 9.60. The van der Waals surface area contributed by atoms with Gasteiger partial charge in [-0.25, -0.2) is 4.98 Å². The summed E-state index contributed by atoms with van der Waals surface area (Å²) in [6.45, 7) is 0. The molecular weight excluding hydrogens is 214 g/mol. The quantitative estimate of drug-likeness (QED) is 0.836. The van der Waals surface area contributed by atoms with Gasteiger partial charge in [-0.2, -0.15) is 5.26 Å². The molecule has 0 atom stereocenters. The van der Waals surface area contributed by atoms with Crippen LogP contribution in [0.15, 0.2) is 18.3 Å². The average Bonchev–Trinajstić information content (AvgIpc) is 2.25. The predicted octanol–water partition coefficient (Wildman–Crippen LogP) is 1.60. The molecular formula is C13H15N3O. The summed E-state index contributed by atoms with van der Waals surface area (Å²) < 4.78 is 5.76. The van der Waals surface area contributed by atoms with E-state index in [2.05, 4.69) is 11.1 Å². The second kappa shape index (κ2) is 3.71. The summed E-state index contributed by atoms with van der Waals surface area (Å²) in [5.41, 5.74) is 6.77. The molecule has 1 spiro atoms. The molecule has 1 aromatic heterocycles. The van der Waals surface area contributed by atoms with E-state index in [4.69, 9.17) is 15.7 Å². The van der Waals surface area contributed by atoms with Crippen LogP contribution in [0.5, 0.6) is 5.88 Å². The molecule has 1 aromatic rings. The maximum absolute atomic E-state index is 8.93. The smallest absolute Gasteiger partial charge is 0.231 e. The molecule has 2 fully saturated rings. The SMILES string of the molecule is N#Cc1cccnc1O[C@H]1CC2(C[C@@H](N)C2)C1. The predicted molar refractivity (Wildman–Crippen MR) is 62.2 cm³/mol. The Hall–Kier alpha value is -1.60. The Morgan fingerprint density at radius 1 is 1.41 bits per heavy atom. The third-order valence-corrected chi connectivity index (χ3v) is 3.88. The summed E-state index contributed by atoms with van der Waals surface area (Å²) in [5, 5.41) is 8.93. The number of nitrogens with two attached hydrogens (primary N) is 1. The monoisotopic (exact) mass is 229 g/mol. The van der Waals surface area contributed by atoms with Gasteiger partial charge in [-0.1, -0.05) is 0 Å². The Labute approximate surface area is 100 Å². The maximum atomic E-state index is 8.93. The van der Waals surface area contributed by atoms with Gasteiger partial charge in [-0.15, -0.1) is 0 Å². The van der Waals surface area contributed by atoms with Gasteiger partial charge in [0.1, 0.15) is 17.7 Å². The second-order valence-electron chi connectivity index (χ2n) is 5.28. The first-order valence-corrected chi connectivity index (χ1v) is 5.98. The number of nitrogens with zero attached hydrogens (tertiary/aromatic N) is 2. The fourth-order valence-electron chi connectivity index (χ4n) is 3.10. The standard InChI is InChI=1S/C13H15N3O/c14-8-9-2-1-3-16-12(9)17-11-6-13(7-11)4-10(15)5-13/h1-3,10-11H,4-7,15H2/t10-,11-,13?. The van der Waals surface area contributed by atoms with Crippen molar-refractivity contribution in [3.63, 3.8) is 0 Å². The average molecular weight is 229 g/mol. The van der Waals surface area contributed by atoms with Crippen molar-refractivity contribution in [2.45, 2.75) is 37.8 Å². The van der Waals surface area contributed by atoms with Gasteiger partial charge in [-0.3, -0.25) is 0 Å². The Morgan fingerprint density at radius 3 is 2.82 bits per heavy atom. The van der Waals surface area contributed by atoms with E-state index < -0.39 is 0 Å². The fraction of sp³-hybridized carbons (Fsp3) is 0.538. The van der Waals surface area contributed by atoms with E-state index in [0.717, 1.165) is 25.7 Å². The van der Waals surface area contributed by atoms with Crippen LogP contribution in [0.25, 0.3) is 0 Å². The third-order valence-electron chi connectivity index (χ3n) is 3.88.